The SMILES string of the molecule is COc1ccc(OC)c(CNC(=O)c2ccc(N3CCCC3=O)cc2)c1. The Balaban J connectivity index is 1.66. The summed E-state index contributed by atoms with van der Waals surface area (Å²) in [5.41, 5.74) is 2.21. The van der Waals surface area contributed by atoms with Crippen molar-refractivity contribution in [3.8, 4) is 11.5 Å². The number of rotatable bonds is 6. The van der Waals surface area contributed by atoms with Crippen LogP contribution >= 0.6 is 0 Å². The lowest BCUT2D eigenvalue weighted by molar-refractivity contribution is -0.117. The number of hydrogen-bond acceptors (Lipinski definition) is 4. The van der Waals surface area contributed by atoms with E-state index in [4.69, 9.17) is 9.47 Å². The minimum absolute atomic E-state index is 0.132. The van der Waals surface area contributed by atoms with Crippen molar-refractivity contribution >= 4 is 17.5 Å². The lowest BCUT2D eigenvalue weighted by Crippen LogP contribution is -2.25. The summed E-state index contributed by atoms with van der Waals surface area (Å²) in [5.74, 6) is 1.34. The molecular weight excluding hydrogens is 332 g/mol. The third kappa shape index (κ3) is 3.79. The van der Waals surface area contributed by atoms with Gasteiger partial charge in [-0.15, -0.1) is 0 Å². The smallest absolute Gasteiger partial charge is 0.251 e. The van der Waals surface area contributed by atoms with Crippen LogP contribution in [0.2, 0.25) is 0 Å². The van der Waals surface area contributed by atoms with Crippen LogP contribution in [-0.2, 0) is 11.3 Å². The van der Waals surface area contributed by atoms with E-state index >= 15 is 0 Å². The van der Waals surface area contributed by atoms with E-state index in [1.54, 1.807) is 31.3 Å². The second kappa shape index (κ2) is 7.91. The van der Waals surface area contributed by atoms with Gasteiger partial charge in [-0.05, 0) is 48.9 Å². The minimum Gasteiger partial charge on any atom is -0.497 e. The third-order valence-corrected chi connectivity index (χ3v) is 4.44. The number of carbonyl (C=O) groups is 2. The summed E-state index contributed by atoms with van der Waals surface area (Å²) in [6.45, 7) is 1.06. The number of carbonyl (C=O) groups excluding carboxylic acids is 2. The maximum atomic E-state index is 12.4. The molecule has 0 bridgehead atoms. The quantitative estimate of drug-likeness (QED) is 0.866. The highest BCUT2D eigenvalue weighted by Crippen LogP contribution is 2.24. The summed E-state index contributed by atoms with van der Waals surface area (Å²) < 4.78 is 10.5. The molecule has 3 rings (SSSR count). The first-order valence-corrected chi connectivity index (χ1v) is 8.52. The Hall–Kier alpha value is -3.02. The molecule has 0 spiro atoms. The zero-order chi connectivity index (χ0) is 18.5. The van der Waals surface area contributed by atoms with Crippen LogP contribution in [0.5, 0.6) is 11.5 Å². The highest BCUT2D eigenvalue weighted by Gasteiger charge is 2.21. The largest absolute Gasteiger partial charge is 0.497 e. The molecule has 0 saturated carbocycles. The standard InChI is InChI=1S/C20H22N2O4/c1-25-17-9-10-18(26-2)15(12-17)13-21-20(24)14-5-7-16(8-6-14)22-11-3-4-19(22)23/h5-10,12H,3-4,11,13H2,1-2H3,(H,21,24). The van der Waals surface area contributed by atoms with Gasteiger partial charge in [-0.3, -0.25) is 9.59 Å². The van der Waals surface area contributed by atoms with Gasteiger partial charge in [0.1, 0.15) is 11.5 Å². The Bertz CT molecular complexity index is 802. The topological polar surface area (TPSA) is 67.9 Å². The van der Waals surface area contributed by atoms with Gasteiger partial charge in [-0.1, -0.05) is 0 Å². The fourth-order valence-electron chi connectivity index (χ4n) is 3.01. The van der Waals surface area contributed by atoms with Gasteiger partial charge < -0.3 is 19.7 Å². The molecule has 6 heteroatoms. The maximum Gasteiger partial charge on any atom is 0.251 e. The molecule has 0 aliphatic carbocycles. The van der Waals surface area contributed by atoms with Gasteiger partial charge in [0.05, 0.1) is 14.2 Å². The number of anilines is 1. The van der Waals surface area contributed by atoms with E-state index in [9.17, 15) is 9.59 Å². The molecule has 0 unspecified atom stereocenters. The van der Waals surface area contributed by atoms with Crippen LogP contribution in [0.1, 0.15) is 28.8 Å². The summed E-state index contributed by atoms with van der Waals surface area (Å²) in [6.07, 6.45) is 1.47. The van der Waals surface area contributed by atoms with E-state index in [1.807, 2.05) is 30.3 Å². The van der Waals surface area contributed by atoms with Crippen LogP contribution in [0.4, 0.5) is 5.69 Å². The zero-order valence-corrected chi connectivity index (χ0v) is 15.0. The summed E-state index contributed by atoms with van der Waals surface area (Å²) >= 11 is 0. The molecule has 1 saturated heterocycles. The van der Waals surface area contributed by atoms with Crippen LogP contribution in [0, 0.1) is 0 Å². The van der Waals surface area contributed by atoms with E-state index in [-0.39, 0.29) is 11.8 Å². The molecule has 2 aromatic rings. The van der Waals surface area contributed by atoms with Gasteiger partial charge in [0, 0.05) is 36.3 Å². The zero-order valence-electron chi connectivity index (χ0n) is 15.0. The van der Waals surface area contributed by atoms with Crippen LogP contribution in [-0.4, -0.2) is 32.6 Å². The number of methoxy groups -OCH3 is 2. The van der Waals surface area contributed by atoms with E-state index in [0.29, 0.717) is 30.0 Å². The van der Waals surface area contributed by atoms with Crippen LogP contribution in [0.25, 0.3) is 0 Å². The lowest BCUT2D eigenvalue weighted by atomic mass is 10.1. The first-order chi connectivity index (χ1) is 12.6. The van der Waals surface area contributed by atoms with Gasteiger partial charge >= 0.3 is 0 Å². The Labute approximate surface area is 152 Å². The molecule has 0 aromatic heterocycles. The van der Waals surface area contributed by atoms with Crippen molar-refractivity contribution in [2.75, 3.05) is 25.7 Å². The van der Waals surface area contributed by atoms with Crippen molar-refractivity contribution in [3.05, 3.63) is 53.6 Å². The van der Waals surface area contributed by atoms with Crippen molar-refractivity contribution in [3.63, 3.8) is 0 Å². The Morgan fingerprint density at radius 3 is 2.50 bits per heavy atom. The number of nitrogens with zero attached hydrogens (tertiary/aromatic N) is 1. The van der Waals surface area contributed by atoms with Crippen LogP contribution in [0.15, 0.2) is 42.5 Å². The van der Waals surface area contributed by atoms with Crippen molar-refractivity contribution in [2.24, 2.45) is 0 Å². The molecule has 6 nitrogen and oxygen atoms in total. The Morgan fingerprint density at radius 2 is 1.88 bits per heavy atom. The fraction of sp³-hybridized carbons (Fsp3) is 0.300. The predicted octanol–water partition coefficient (Wildman–Crippen LogP) is 2.76. The highest BCUT2D eigenvalue weighted by atomic mass is 16.5. The molecule has 1 aliphatic rings. The number of amides is 2. The molecular formula is C20H22N2O4. The van der Waals surface area contributed by atoms with E-state index in [1.165, 1.54) is 0 Å². The Morgan fingerprint density at radius 1 is 1.12 bits per heavy atom. The first kappa shape index (κ1) is 17.8. The van der Waals surface area contributed by atoms with Gasteiger partial charge in [0.25, 0.3) is 5.91 Å². The number of ether oxygens (including phenoxy) is 2. The highest BCUT2D eigenvalue weighted by molar-refractivity contribution is 5.97. The van der Waals surface area contributed by atoms with E-state index < -0.39 is 0 Å². The molecule has 1 N–H and O–H groups in total. The lowest BCUT2D eigenvalue weighted by Gasteiger charge is -2.16. The van der Waals surface area contributed by atoms with Crippen LogP contribution in [0.3, 0.4) is 0 Å². The monoisotopic (exact) mass is 354 g/mol. The molecule has 1 heterocycles. The predicted molar refractivity (Wildman–Crippen MR) is 98.7 cm³/mol. The molecule has 2 amide bonds. The molecule has 26 heavy (non-hydrogen) atoms. The average Bonchev–Trinajstić information content (AvgIpc) is 3.11. The van der Waals surface area contributed by atoms with Crippen LogP contribution < -0.4 is 19.7 Å². The van der Waals surface area contributed by atoms with Gasteiger partial charge in [-0.25, -0.2) is 0 Å². The Kier molecular flexibility index (Phi) is 5.41. The van der Waals surface area contributed by atoms with Crippen molar-refractivity contribution in [1.29, 1.82) is 0 Å². The average molecular weight is 354 g/mol. The van der Waals surface area contributed by atoms with Crippen molar-refractivity contribution in [1.82, 2.24) is 5.32 Å². The normalized spacial score (nSPS) is 13.6. The van der Waals surface area contributed by atoms with Gasteiger partial charge in [-0.2, -0.15) is 0 Å². The third-order valence-electron chi connectivity index (χ3n) is 4.44. The van der Waals surface area contributed by atoms with Gasteiger partial charge in [0.15, 0.2) is 0 Å². The minimum atomic E-state index is -0.186. The van der Waals surface area contributed by atoms with Crippen molar-refractivity contribution < 1.29 is 19.1 Å². The molecule has 1 fully saturated rings. The van der Waals surface area contributed by atoms with E-state index in [2.05, 4.69) is 5.32 Å². The molecule has 0 radical (unpaired) electrons. The number of benzene rings is 2. The van der Waals surface area contributed by atoms with Crippen molar-refractivity contribution in [2.45, 2.75) is 19.4 Å². The van der Waals surface area contributed by atoms with E-state index in [0.717, 1.165) is 24.2 Å². The second-order valence-corrected chi connectivity index (χ2v) is 6.06. The summed E-state index contributed by atoms with van der Waals surface area (Å²) in [7, 11) is 3.18. The fourth-order valence-corrected chi connectivity index (χ4v) is 3.01. The molecule has 136 valence electrons. The first-order valence-electron chi connectivity index (χ1n) is 8.52. The second-order valence-electron chi connectivity index (χ2n) is 6.06. The molecule has 2 aromatic carbocycles. The number of nitrogens with one attached hydrogen (secondary N) is 1. The molecule has 0 atom stereocenters. The maximum absolute atomic E-state index is 12.4. The number of hydrogen-bond donors (Lipinski definition) is 1. The summed E-state index contributed by atoms with van der Waals surface area (Å²) in [4.78, 5) is 25.9. The summed E-state index contributed by atoms with van der Waals surface area (Å²) in [5, 5.41) is 2.88. The molecule has 1 aliphatic heterocycles. The van der Waals surface area contributed by atoms with Gasteiger partial charge in [0.2, 0.25) is 5.91 Å². The summed E-state index contributed by atoms with van der Waals surface area (Å²) in [6, 6.07) is 12.5.